The number of aryl methyl sites for hydroxylation is 1. The molecular formula is C15H18BrNO3. The van der Waals surface area contributed by atoms with E-state index in [1.54, 1.807) is 27.0 Å². The van der Waals surface area contributed by atoms with Crippen molar-refractivity contribution in [2.24, 2.45) is 0 Å². The molecule has 108 valence electrons. The van der Waals surface area contributed by atoms with Gasteiger partial charge in [-0.2, -0.15) is 0 Å². The van der Waals surface area contributed by atoms with Gasteiger partial charge in [0.2, 0.25) is 0 Å². The van der Waals surface area contributed by atoms with E-state index in [0.717, 1.165) is 15.4 Å². The first-order valence-electron chi connectivity index (χ1n) is 6.35. The Kier molecular flexibility index (Phi) is 3.93. The number of halogens is 1. The summed E-state index contributed by atoms with van der Waals surface area (Å²) < 4.78 is 6.61. The molecule has 0 aliphatic rings. The molecule has 0 spiro atoms. The third kappa shape index (κ3) is 3.22. The number of likely N-dealkylation sites (N-methyl/N-ethyl adjacent to an activating group) is 1. The van der Waals surface area contributed by atoms with Gasteiger partial charge < -0.3 is 14.4 Å². The van der Waals surface area contributed by atoms with Crippen molar-refractivity contribution in [2.45, 2.75) is 26.4 Å². The average molecular weight is 340 g/mol. The zero-order valence-electron chi connectivity index (χ0n) is 12.0. The number of fused-ring (bicyclic) bond motifs is 1. The van der Waals surface area contributed by atoms with Gasteiger partial charge in [-0.3, -0.25) is 4.79 Å². The van der Waals surface area contributed by atoms with Crippen molar-refractivity contribution in [2.75, 3.05) is 13.6 Å². The van der Waals surface area contributed by atoms with Crippen LogP contribution in [0.25, 0.3) is 11.0 Å². The van der Waals surface area contributed by atoms with Crippen molar-refractivity contribution >= 4 is 32.8 Å². The second-order valence-electron chi connectivity index (χ2n) is 5.73. The number of carbonyl (C=O) groups is 1. The highest BCUT2D eigenvalue weighted by atomic mass is 79.9. The van der Waals surface area contributed by atoms with E-state index >= 15 is 0 Å². The zero-order valence-corrected chi connectivity index (χ0v) is 13.6. The predicted octanol–water partition coefficient (Wildman–Crippen LogP) is 3.35. The lowest BCUT2D eigenvalue weighted by Gasteiger charge is -2.24. The van der Waals surface area contributed by atoms with Gasteiger partial charge in [-0.15, -0.1) is 0 Å². The minimum Gasteiger partial charge on any atom is -0.451 e. The van der Waals surface area contributed by atoms with Crippen LogP contribution in [0.3, 0.4) is 0 Å². The quantitative estimate of drug-likeness (QED) is 0.932. The van der Waals surface area contributed by atoms with Gasteiger partial charge in [-0.25, -0.2) is 0 Å². The molecule has 0 unspecified atom stereocenters. The molecule has 0 bridgehead atoms. The molecule has 0 atom stereocenters. The molecule has 1 N–H and O–H groups in total. The average Bonchev–Trinajstić information content (AvgIpc) is 2.69. The maximum Gasteiger partial charge on any atom is 0.289 e. The Labute approximate surface area is 126 Å². The van der Waals surface area contributed by atoms with Gasteiger partial charge in [-0.05, 0) is 44.5 Å². The van der Waals surface area contributed by atoms with Crippen LogP contribution in [-0.2, 0) is 0 Å². The van der Waals surface area contributed by atoms with Crippen LogP contribution < -0.4 is 0 Å². The molecule has 0 fully saturated rings. The van der Waals surface area contributed by atoms with E-state index in [-0.39, 0.29) is 18.2 Å². The summed E-state index contributed by atoms with van der Waals surface area (Å²) in [6.07, 6.45) is 0. The molecule has 1 aromatic heterocycles. The summed E-state index contributed by atoms with van der Waals surface area (Å²) in [6, 6.07) is 5.59. The van der Waals surface area contributed by atoms with Crippen molar-refractivity contribution in [3.63, 3.8) is 0 Å². The Balaban J connectivity index is 2.34. The van der Waals surface area contributed by atoms with Crippen LogP contribution in [0.15, 0.2) is 27.1 Å². The van der Waals surface area contributed by atoms with Crippen LogP contribution in [0.1, 0.15) is 30.0 Å². The van der Waals surface area contributed by atoms with Crippen LogP contribution in [0.4, 0.5) is 0 Å². The van der Waals surface area contributed by atoms with Crippen molar-refractivity contribution in [1.82, 2.24) is 4.90 Å². The highest BCUT2D eigenvalue weighted by molar-refractivity contribution is 9.10. The van der Waals surface area contributed by atoms with E-state index in [0.29, 0.717) is 5.58 Å². The number of carbonyl (C=O) groups excluding carboxylic acids is 1. The lowest BCUT2D eigenvalue weighted by Crippen LogP contribution is -2.39. The Morgan fingerprint density at radius 2 is 2.05 bits per heavy atom. The van der Waals surface area contributed by atoms with Crippen LogP contribution in [0.2, 0.25) is 0 Å². The lowest BCUT2D eigenvalue weighted by molar-refractivity contribution is 0.0353. The first-order chi connectivity index (χ1) is 9.17. The summed E-state index contributed by atoms with van der Waals surface area (Å²) in [6.45, 7) is 5.50. The van der Waals surface area contributed by atoms with Crippen molar-refractivity contribution in [3.05, 3.63) is 34.0 Å². The van der Waals surface area contributed by atoms with Crippen LogP contribution in [0.5, 0.6) is 0 Å². The SMILES string of the molecule is Cc1cc(Br)cc2cc(C(=O)N(C)CC(C)(C)O)oc12. The molecule has 0 aliphatic heterocycles. The Morgan fingerprint density at radius 3 is 2.65 bits per heavy atom. The lowest BCUT2D eigenvalue weighted by atomic mass is 10.1. The standard InChI is InChI=1S/C15H18BrNO3/c1-9-5-11(16)6-10-7-12(20-13(9)10)14(18)17(4)8-15(2,3)19/h5-7,19H,8H2,1-4H3. The van der Waals surface area contributed by atoms with Gasteiger partial charge in [0, 0.05) is 23.5 Å². The molecule has 20 heavy (non-hydrogen) atoms. The molecule has 0 radical (unpaired) electrons. The number of benzene rings is 1. The first kappa shape index (κ1) is 15.1. The normalized spacial score (nSPS) is 11.9. The number of aliphatic hydroxyl groups is 1. The molecule has 2 aromatic rings. The molecule has 4 nitrogen and oxygen atoms in total. The minimum absolute atomic E-state index is 0.237. The van der Waals surface area contributed by atoms with Crippen molar-refractivity contribution in [1.29, 1.82) is 0 Å². The first-order valence-corrected chi connectivity index (χ1v) is 7.14. The fourth-order valence-corrected chi connectivity index (χ4v) is 2.82. The van der Waals surface area contributed by atoms with Gasteiger partial charge in [0.05, 0.1) is 5.60 Å². The van der Waals surface area contributed by atoms with Gasteiger partial charge >= 0.3 is 0 Å². The number of nitrogens with zero attached hydrogens (tertiary/aromatic N) is 1. The number of hydrogen-bond acceptors (Lipinski definition) is 3. The maximum absolute atomic E-state index is 12.3. The molecule has 2 rings (SSSR count). The highest BCUT2D eigenvalue weighted by Gasteiger charge is 2.23. The molecular weight excluding hydrogens is 322 g/mol. The summed E-state index contributed by atoms with van der Waals surface area (Å²) in [5.41, 5.74) is 0.752. The highest BCUT2D eigenvalue weighted by Crippen LogP contribution is 2.27. The molecule has 0 saturated carbocycles. The van der Waals surface area contributed by atoms with Crippen LogP contribution >= 0.6 is 15.9 Å². The number of hydrogen-bond donors (Lipinski definition) is 1. The molecule has 1 heterocycles. The zero-order chi connectivity index (χ0) is 15.1. The van der Waals surface area contributed by atoms with Crippen LogP contribution in [0, 0.1) is 6.92 Å². The summed E-state index contributed by atoms with van der Waals surface area (Å²) in [7, 11) is 1.65. The Hall–Kier alpha value is -1.33. The van der Waals surface area contributed by atoms with Crippen molar-refractivity contribution in [3.8, 4) is 0 Å². The minimum atomic E-state index is -0.935. The maximum atomic E-state index is 12.3. The topological polar surface area (TPSA) is 53.7 Å². The van der Waals surface area contributed by atoms with E-state index in [1.807, 2.05) is 19.1 Å². The van der Waals surface area contributed by atoms with Gasteiger partial charge in [-0.1, -0.05) is 15.9 Å². The van der Waals surface area contributed by atoms with E-state index in [9.17, 15) is 9.90 Å². The second-order valence-corrected chi connectivity index (χ2v) is 6.64. The number of furan rings is 1. The largest absolute Gasteiger partial charge is 0.451 e. The predicted molar refractivity (Wildman–Crippen MR) is 81.9 cm³/mol. The number of rotatable bonds is 3. The third-order valence-corrected chi connectivity index (χ3v) is 3.41. The number of amides is 1. The van der Waals surface area contributed by atoms with Crippen LogP contribution in [-0.4, -0.2) is 35.1 Å². The molecule has 0 saturated heterocycles. The van der Waals surface area contributed by atoms with Gasteiger partial charge in [0.15, 0.2) is 5.76 Å². The van der Waals surface area contributed by atoms with E-state index < -0.39 is 5.60 Å². The molecule has 5 heteroatoms. The summed E-state index contributed by atoms with van der Waals surface area (Å²) >= 11 is 3.43. The fraction of sp³-hybridized carbons (Fsp3) is 0.400. The van der Waals surface area contributed by atoms with Gasteiger partial charge in [0.1, 0.15) is 5.58 Å². The van der Waals surface area contributed by atoms with E-state index in [4.69, 9.17) is 4.42 Å². The Morgan fingerprint density at radius 1 is 1.40 bits per heavy atom. The summed E-state index contributed by atoms with van der Waals surface area (Å²) in [4.78, 5) is 13.8. The molecule has 1 aromatic carbocycles. The molecule has 0 aliphatic carbocycles. The fourth-order valence-electron chi connectivity index (χ4n) is 2.23. The molecule has 1 amide bonds. The van der Waals surface area contributed by atoms with Crippen molar-refractivity contribution < 1.29 is 14.3 Å². The van der Waals surface area contributed by atoms with Gasteiger partial charge in [0.25, 0.3) is 5.91 Å². The second kappa shape index (κ2) is 5.22. The third-order valence-electron chi connectivity index (χ3n) is 2.95. The smallest absolute Gasteiger partial charge is 0.289 e. The summed E-state index contributed by atoms with van der Waals surface area (Å²) in [5, 5.41) is 10.7. The van der Waals surface area contributed by atoms with E-state index in [2.05, 4.69) is 15.9 Å². The monoisotopic (exact) mass is 339 g/mol. The summed E-state index contributed by atoms with van der Waals surface area (Å²) in [5.74, 6) is 0.0480. The Bertz CT molecular complexity index is 655. The van der Waals surface area contributed by atoms with E-state index in [1.165, 1.54) is 4.90 Å².